The predicted molar refractivity (Wildman–Crippen MR) is 119 cm³/mol. The van der Waals surface area contributed by atoms with Crippen molar-refractivity contribution < 1.29 is 9.53 Å². The van der Waals surface area contributed by atoms with Gasteiger partial charge in [0.2, 0.25) is 0 Å². The molecule has 1 fully saturated rings. The second-order valence-electron chi connectivity index (χ2n) is 7.46. The van der Waals surface area contributed by atoms with Crippen LogP contribution < -0.4 is 4.74 Å². The van der Waals surface area contributed by atoms with Gasteiger partial charge in [0.15, 0.2) is 10.9 Å². The average Bonchev–Trinajstić information content (AvgIpc) is 2.80. The smallest absolute Gasteiger partial charge is 0.187 e. The molecule has 154 valence electrons. The van der Waals surface area contributed by atoms with E-state index in [1.807, 2.05) is 73.2 Å². The highest BCUT2D eigenvalue weighted by Gasteiger charge is 2.26. The Morgan fingerprint density at radius 2 is 1.77 bits per heavy atom. The first kappa shape index (κ1) is 20.6. The average molecular weight is 420 g/mol. The number of nitrogens with zero attached hydrogens (tertiary/aromatic N) is 3. The van der Waals surface area contributed by atoms with E-state index in [0.29, 0.717) is 0 Å². The quantitative estimate of drug-likeness (QED) is 0.302. The number of rotatable bonds is 7. The number of para-hydroxylation sites is 1. The summed E-state index contributed by atoms with van der Waals surface area (Å²) >= 11 is 1.54. The van der Waals surface area contributed by atoms with Crippen molar-refractivity contribution in [2.24, 2.45) is 5.92 Å². The van der Waals surface area contributed by atoms with Crippen LogP contribution in [0.2, 0.25) is 0 Å². The summed E-state index contributed by atoms with van der Waals surface area (Å²) < 4.78 is 5.83. The second kappa shape index (κ2) is 9.87. The highest BCUT2D eigenvalue weighted by Crippen LogP contribution is 2.25. The molecule has 30 heavy (non-hydrogen) atoms. The summed E-state index contributed by atoms with van der Waals surface area (Å²) in [7, 11) is 0. The minimum absolute atomic E-state index is 0.0195. The van der Waals surface area contributed by atoms with Gasteiger partial charge in [-0.25, -0.2) is 9.97 Å². The topological polar surface area (TPSA) is 55.3 Å². The summed E-state index contributed by atoms with van der Waals surface area (Å²) in [4.78, 5) is 24.1. The van der Waals surface area contributed by atoms with Crippen molar-refractivity contribution in [1.29, 1.82) is 0 Å². The van der Waals surface area contributed by atoms with Crippen LogP contribution in [-0.2, 0) is 6.54 Å². The van der Waals surface area contributed by atoms with E-state index in [2.05, 4.69) is 14.9 Å². The molecule has 6 heteroatoms. The zero-order chi connectivity index (χ0) is 20.8. The molecule has 1 aliphatic heterocycles. The number of ketones is 1. The van der Waals surface area contributed by atoms with Gasteiger partial charge in [0, 0.05) is 42.5 Å². The van der Waals surface area contributed by atoms with Crippen molar-refractivity contribution in [3.63, 3.8) is 0 Å². The first-order valence-corrected chi connectivity index (χ1v) is 11.4. The lowest BCUT2D eigenvalue weighted by Gasteiger charge is -2.31. The number of benzene rings is 2. The molecule has 0 unspecified atom stereocenters. The van der Waals surface area contributed by atoms with Crippen LogP contribution >= 0.6 is 11.8 Å². The van der Waals surface area contributed by atoms with Crippen molar-refractivity contribution in [2.45, 2.75) is 24.5 Å². The van der Waals surface area contributed by atoms with E-state index in [9.17, 15) is 4.79 Å². The van der Waals surface area contributed by atoms with Gasteiger partial charge in [-0.3, -0.25) is 9.69 Å². The van der Waals surface area contributed by atoms with Crippen molar-refractivity contribution in [3.05, 3.63) is 78.1 Å². The van der Waals surface area contributed by atoms with Gasteiger partial charge < -0.3 is 4.74 Å². The van der Waals surface area contributed by atoms with Gasteiger partial charge in [0.05, 0.1) is 0 Å². The van der Waals surface area contributed by atoms with Crippen LogP contribution in [0.1, 0.15) is 28.8 Å². The molecule has 0 spiro atoms. The lowest BCUT2D eigenvalue weighted by Crippen LogP contribution is -2.38. The van der Waals surface area contributed by atoms with Crippen LogP contribution in [0.5, 0.6) is 11.5 Å². The summed E-state index contributed by atoms with van der Waals surface area (Å²) in [5.74, 6) is 1.75. The Kier molecular flexibility index (Phi) is 6.77. The summed E-state index contributed by atoms with van der Waals surface area (Å²) in [5.41, 5.74) is 1.83. The fourth-order valence-electron chi connectivity index (χ4n) is 3.75. The molecule has 2 aromatic carbocycles. The molecule has 1 aliphatic rings. The van der Waals surface area contributed by atoms with Crippen LogP contribution in [0.4, 0.5) is 0 Å². The maximum atomic E-state index is 13.1. The zero-order valence-corrected chi connectivity index (χ0v) is 17.8. The summed E-state index contributed by atoms with van der Waals surface area (Å²) in [6, 6.07) is 17.1. The third kappa shape index (κ3) is 5.26. The molecule has 4 rings (SSSR count). The van der Waals surface area contributed by atoms with E-state index in [-0.39, 0.29) is 11.7 Å². The van der Waals surface area contributed by atoms with Crippen molar-refractivity contribution in [3.8, 4) is 11.5 Å². The largest absolute Gasteiger partial charge is 0.457 e. The predicted octanol–water partition coefficient (Wildman–Crippen LogP) is 5.09. The van der Waals surface area contributed by atoms with Crippen molar-refractivity contribution in [1.82, 2.24) is 14.9 Å². The fourth-order valence-corrected chi connectivity index (χ4v) is 4.07. The molecular weight excluding hydrogens is 394 g/mol. The molecule has 1 saturated heterocycles. The monoisotopic (exact) mass is 419 g/mol. The minimum Gasteiger partial charge on any atom is -0.457 e. The number of aromatic nitrogens is 2. The number of hydrogen-bond donors (Lipinski definition) is 0. The summed E-state index contributed by atoms with van der Waals surface area (Å²) in [6.45, 7) is 2.55. The molecular formula is C24H25N3O2S. The van der Waals surface area contributed by atoms with E-state index in [1.165, 1.54) is 11.8 Å². The lowest BCUT2D eigenvalue weighted by atomic mass is 9.90. The minimum atomic E-state index is 0.0195. The number of carbonyl (C=O) groups excluding carboxylic acids is 1. The van der Waals surface area contributed by atoms with Crippen LogP contribution in [-0.4, -0.2) is 40.0 Å². The number of likely N-dealkylation sites (tertiary alicyclic amines) is 1. The van der Waals surface area contributed by atoms with Gasteiger partial charge in [0.1, 0.15) is 11.5 Å². The van der Waals surface area contributed by atoms with Gasteiger partial charge in [-0.1, -0.05) is 30.0 Å². The standard InChI is InChI=1S/C24H25N3O2S/c1-30-24-25-14-18(15-26-24)16-27-13-5-6-20(17-27)23(28)19-9-11-22(12-10-19)29-21-7-3-2-4-8-21/h2-4,7-12,14-15,20H,5-6,13,16-17H2,1H3/t20-/m0/s1. The molecule has 5 nitrogen and oxygen atoms in total. The Bertz CT molecular complexity index is 962. The molecule has 0 N–H and O–H groups in total. The number of piperidine rings is 1. The van der Waals surface area contributed by atoms with Crippen LogP contribution in [0.15, 0.2) is 72.1 Å². The molecule has 0 saturated carbocycles. The first-order chi connectivity index (χ1) is 14.7. The molecule has 0 bridgehead atoms. The highest BCUT2D eigenvalue weighted by molar-refractivity contribution is 7.98. The lowest BCUT2D eigenvalue weighted by molar-refractivity contribution is 0.0811. The van der Waals surface area contributed by atoms with E-state index in [4.69, 9.17) is 4.74 Å². The highest BCUT2D eigenvalue weighted by atomic mass is 32.2. The van der Waals surface area contributed by atoms with Gasteiger partial charge in [-0.2, -0.15) is 0 Å². The molecule has 0 radical (unpaired) electrons. The number of carbonyl (C=O) groups is 1. The van der Waals surface area contributed by atoms with Gasteiger partial charge in [-0.15, -0.1) is 0 Å². The normalized spacial score (nSPS) is 16.9. The summed E-state index contributed by atoms with van der Waals surface area (Å²) in [5, 5.41) is 0.783. The molecule has 1 aromatic heterocycles. The van der Waals surface area contributed by atoms with Crippen LogP contribution in [0.25, 0.3) is 0 Å². The van der Waals surface area contributed by atoms with E-state index < -0.39 is 0 Å². The Morgan fingerprint density at radius 3 is 2.47 bits per heavy atom. The van der Waals surface area contributed by atoms with Gasteiger partial charge in [-0.05, 0) is 62.0 Å². The molecule has 3 aromatic rings. The Morgan fingerprint density at radius 1 is 1.07 bits per heavy atom. The zero-order valence-electron chi connectivity index (χ0n) is 17.0. The number of Topliss-reactive ketones (excluding diaryl/α,β-unsaturated/α-hetero) is 1. The second-order valence-corrected chi connectivity index (χ2v) is 8.23. The molecule has 0 amide bonds. The SMILES string of the molecule is CSc1ncc(CN2CCC[C@H](C(=O)c3ccc(Oc4ccccc4)cc3)C2)cn1. The van der Waals surface area contributed by atoms with Gasteiger partial charge >= 0.3 is 0 Å². The fraction of sp³-hybridized carbons (Fsp3) is 0.292. The Hall–Kier alpha value is -2.70. The van der Waals surface area contributed by atoms with Crippen LogP contribution in [0.3, 0.4) is 0 Å². The summed E-state index contributed by atoms with van der Waals surface area (Å²) in [6.07, 6.45) is 7.69. The van der Waals surface area contributed by atoms with Crippen molar-refractivity contribution >= 4 is 17.5 Å². The Labute approximate surface area is 181 Å². The number of hydrogen-bond acceptors (Lipinski definition) is 6. The third-order valence-electron chi connectivity index (χ3n) is 5.26. The Balaban J connectivity index is 1.36. The van der Waals surface area contributed by atoms with Gasteiger partial charge in [0.25, 0.3) is 0 Å². The van der Waals surface area contributed by atoms with Crippen LogP contribution in [0, 0.1) is 5.92 Å². The first-order valence-electron chi connectivity index (χ1n) is 10.2. The van der Waals surface area contributed by atoms with Crippen molar-refractivity contribution in [2.75, 3.05) is 19.3 Å². The molecule has 2 heterocycles. The number of thioether (sulfide) groups is 1. The third-order valence-corrected chi connectivity index (χ3v) is 5.84. The maximum absolute atomic E-state index is 13.1. The maximum Gasteiger partial charge on any atom is 0.187 e. The molecule has 0 aliphatic carbocycles. The van der Waals surface area contributed by atoms with E-state index in [0.717, 1.165) is 60.3 Å². The van der Waals surface area contributed by atoms with E-state index >= 15 is 0 Å². The van der Waals surface area contributed by atoms with E-state index in [1.54, 1.807) is 0 Å². The molecule has 1 atom stereocenters. The number of ether oxygens (including phenoxy) is 1.